The molecular weight excluding hydrogens is 241 g/mol. The van der Waals surface area contributed by atoms with Crippen molar-refractivity contribution in [3.8, 4) is 11.8 Å². The Balaban J connectivity index is 3.24. The summed E-state index contributed by atoms with van der Waals surface area (Å²) in [6.45, 7) is 0. The minimum absolute atomic E-state index is 0.236. The minimum atomic E-state index is -5.24. The first-order valence-electron chi connectivity index (χ1n) is 3.75. The smallest absolute Gasteiger partial charge is 0.478 e. The zero-order valence-corrected chi connectivity index (χ0v) is 8.36. The van der Waals surface area contributed by atoms with E-state index < -0.39 is 22.2 Å². The number of nitriles is 1. The summed E-state index contributed by atoms with van der Waals surface area (Å²) in [6.07, 6.45) is 0. The van der Waals surface area contributed by atoms with Gasteiger partial charge in [0.15, 0.2) is 5.75 Å². The van der Waals surface area contributed by atoms with Gasteiger partial charge in [0.05, 0.1) is 11.1 Å². The van der Waals surface area contributed by atoms with E-state index in [4.69, 9.17) is 10.4 Å². The summed E-state index contributed by atoms with van der Waals surface area (Å²) in [4.78, 5) is 10.5. The van der Waals surface area contributed by atoms with E-state index in [1.54, 1.807) is 0 Å². The van der Waals surface area contributed by atoms with E-state index in [0.717, 1.165) is 18.2 Å². The number of nitrogens with zero attached hydrogens (tertiary/aromatic N) is 1. The number of hydrogen-bond donors (Lipinski definition) is 1. The number of halogens is 1. The van der Waals surface area contributed by atoms with Crippen LogP contribution in [0.4, 0.5) is 3.89 Å². The zero-order valence-electron chi connectivity index (χ0n) is 7.55. The fourth-order valence-corrected chi connectivity index (χ4v) is 1.29. The number of rotatable bonds is 3. The van der Waals surface area contributed by atoms with E-state index in [1.165, 1.54) is 6.07 Å². The maximum Gasteiger partial charge on any atom is 0.488 e. The quantitative estimate of drug-likeness (QED) is 0.791. The lowest BCUT2D eigenvalue weighted by molar-refractivity contribution is 0.0697. The van der Waals surface area contributed by atoms with Gasteiger partial charge in [-0.1, -0.05) is 3.89 Å². The molecular formula is C8H4FNO5S. The monoisotopic (exact) mass is 245 g/mol. The summed E-state index contributed by atoms with van der Waals surface area (Å²) in [5.74, 6) is -1.86. The van der Waals surface area contributed by atoms with Crippen molar-refractivity contribution in [1.82, 2.24) is 0 Å². The van der Waals surface area contributed by atoms with Crippen molar-refractivity contribution in [3.05, 3.63) is 29.3 Å². The average molecular weight is 245 g/mol. The van der Waals surface area contributed by atoms with Crippen LogP contribution in [0, 0.1) is 11.3 Å². The van der Waals surface area contributed by atoms with Gasteiger partial charge in [0.1, 0.15) is 6.07 Å². The first-order valence-corrected chi connectivity index (χ1v) is 5.06. The van der Waals surface area contributed by atoms with Gasteiger partial charge in [0, 0.05) is 0 Å². The van der Waals surface area contributed by atoms with Crippen LogP contribution < -0.4 is 4.18 Å². The second kappa shape index (κ2) is 4.16. The third-order valence-corrected chi connectivity index (χ3v) is 1.91. The van der Waals surface area contributed by atoms with Crippen molar-refractivity contribution in [2.45, 2.75) is 0 Å². The molecule has 0 saturated carbocycles. The Hall–Kier alpha value is -2.14. The largest absolute Gasteiger partial charge is 0.488 e. The van der Waals surface area contributed by atoms with Crippen LogP contribution in [-0.4, -0.2) is 19.5 Å². The minimum Gasteiger partial charge on any atom is -0.478 e. The zero-order chi connectivity index (χ0) is 12.3. The Morgan fingerprint density at radius 3 is 2.56 bits per heavy atom. The molecule has 0 aliphatic carbocycles. The highest BCUT2D eigenvalue weighted by Crippen LogP contribution is 2.21. The van der Waals surface area contributed by atoms with Crippen LogP contribution in [0.5, 0.6) is 5.75 Å². The van der Waals surface area contributed by atoms with Gasteiger partial charge in [-0.3, -0.25) is 0 Å². The van der Waals surface area contributed by atoms with Crippen molar-refractivity contribution < 1.29 is 26.4 Å². The molecule has 1 aromatic carbocycles. The summed E-state index contributed by atoms with van der Waals surface area (Å²) < 4.78 is 36.4. The average Bonchev–Trinajstić information content (AvgIpc) is 2.15. The molecule has 8 heteroatoms. The van der Waals surface area contributed by atoms with Gasteiger partial charge >= 0.3 is 16.5 Å². The first kappa shape index (κ1) is 11.9. The number of aromatic carboxylic acids is 1. The van der Waals surface area contributed by atoms with Crippen molar-refractivity contribution >= 4 is 16.5 Å². The third-order valence-electron chi connectivity index (χ3n) is 1.54. The molecule has 0 heterocycles. The fourth-order valence-electron chi connectivity index (χ4n) is 0.930. The molecule has 0 spiro atoms. The van der Waals surface area contributed by atoms with Crippen LogP contribution in [0.3, 0.4) is 0 Å². The molecule has 0 aromatic heterocycles. The molecule has 0 bridgehead atoms. The van der Waals surface area contributed by atoms with Gasteiger partial charge in [0.2, 0.25) is 0 Å². The van der Waals surface area contributed by atoms with Gasteiger partial charge < -0.3 is 9.29 Å². The van der Waals surface area contributed by atoms with Gasteiger partial charge in [-0.15, -0.1) is 0 Å². The lowest BCUT2D eigenvalue weighted by Crippen LogP contribution is -2.04. The highest BCUT2D eigenvalue weighted by Gasteiger charge is 2.15. The second-order valence-corrected chi connectivity index (χ2v) is 3.56. The van der Waals surface area contributed by atoms with E-state index in [9.17, 15) is 17.1 Å². The Morgan fingerprint density at radius 1 is 1.50 bits per heavy atom. The Labute approximate surface area is 89.9 Å². The number of carboxylic acids is 1. The van der Waals surface area contributed by atoms with Gasteiger partial charge in [-0.05, 0) is 18.2 Å². The maximum atomic E-state index is 12.2. The van der Waals surface area contributed by atoms with Crippen molar-refractivity contribution in [3.63, 3.8) is 0 Å². The number of hydrogen-bond acceptors (Lipinski definition) is 5. The highest BCUT2D eigenvalue weighted by atomic mass is 32.3. The fraction of sp³-hybridized carbons (Fsp3) is 0. The molecule has 0 fully saturated rings. The molecule has 0 radical (unpaired) electrons. The van der Waals surface area contributed by atoms with E-state index in [-0.39, 0.29) is 11.1 Å². The molecule has 0 aliphatic heterocycles. The molecule has 0 amide bonds. The third kappa shape index (κ3) is 2.93. The summed E-state index contributed by atoms with van der Waals surface area (Å²) in [6, 6.07) is 4.25. The summed E-state index contributed by atoms with van der Waals surface area (Å²) in [5, 5.41) is 17.2. The van der Waals surface area contributed by atoms with Crippen molar-refractivity contribution in [2.24, 2.45) is 0 Å². The number of carboxylic acid groups (broad SMARTS) is 1. The van der Waals surface area contributed by atoms with Crippen LogP contribution in [0.2, 0.25) is 0 Å². The highest BCUT2D eigenvalue weighted by molar-refractivity contribution is 7.81. The molecule has 1 aromatic rings. The van der Waals surface area contributed by atoms with Crippen LogP contribution in [-0.2, 0) is 10.5 Å². The van der Waals surface area contributed by atoms with Crippen LogP contribution >= 0.6 is 0 Å². The van der Waals surface area contributed by atoms with Gasteiger partial charge in [-0.25, -0.2) is 4.79 Å². The van der Waals surface area contributed by atoms with E-state index in [1.807, 2.05) is 0 Å². The molecule has 1 rings (SSSR count). The van der Waals surface area contributed by atoms with Crippen molar-refractivity contribution in [2.75, 3.05) is 0 Å². The van der Waals surface area contributed by atoms with Crippen LogP contribution in [0.15, 0.2) is 18.2 Å². The van der Waals surface area contributed by atoms with E-state index >= 15 is 0 Å². The molecule has 0 aliphatic rings. The summed E-state index contributed by atoms with van der Waals surface area (Å²) >= 11 is 0. The topological polar surface area (TPSA) is 104 Å². The Kier molecular flexibility index (Phi) is 3.10. The first-order chi connectivity index (χ1) is 7.33. The number of carbonyl (C=O) groups is 1. The molecule has 1 N–H and O–H groups in total. The number of benzene rings is 1. The standard InChI is InChI=1S/C8H4FNO5S/c9-16(13,14)15-7-2-1-5(8(11)12)3-6(7)4-10/h1-3H,(H,11,12). The molecule has 6 nitrogen and oxygen atoms in total. The summed E-state index contributed by atoms with van der Waals surface area (Å²) in [7, 11) is -5.24. The van der Waals surface area contributed by atoms with E-state index in [0.29, 0.717) is 0 Å². The maximum absolute atomic E-state index is 12.2. The Morgan fingerprint density at radius 2 is 2.12 bits per heavy atom. The predicted molar refractivity (Wildman–Crippen MR) is 48.8 cm³/mol. The summed E-state index contributed by atoms with van der Waals surface area (Å²) in [5.41, 5.74) is -0.624. The predicted octanol–water partition coefficient (Wildman–Crippen LogP) is 0.850. The molecule has 0 saturated heterocycles. The van der Waals surface area contributed by atoms with Gasteiger partial charge in [0.25, 0.3) is 0 Å². The Bertz CT molecular complexity index is 575. The molecule has 0 unspecified atom stereocenters. The van der Waals surface area contributed by atoms with Crippen molar-refractivity contribution in [1.29, 1.82) is 5.26 Å². The van der Waals surface area contributed by atoms with E-state index in [2.05, 4.69) is 4.18 Å². The lowest BCUT2D eigenvalue weighted by atomic mass is 10.1. The van der Waals surface area contributed by atoms with Crippen LogP contribution in [0.25, 0.3) is 0 Å². The molecule has 0 atom stereocenters. The van der Waals surface area contributed by atoms with Crippen LogP contribution in [0.1, 0.15) is 15.9 Å². The molecule has 84 valence electrons. The second-order valence-electron chi connectivity index (χ2n) is 2.60. The molecule has 16 heavy (non-hydrogen) atoms. The lowest BCUT2D eigenvalue weighted by Gasteiger charge is -2.02. The SMILES string of the molecule is N#Cc1cc(C(=O)O)ccc1OS(=O)(=O)F. The normalized spacial score (nSPS) is 10.5. The van der Waals surface area contributed by atoms with Gasteiger partial charge in [-0.2, -0.15) is 13.7 Å².